The number of likely N-dealkylation sites (tertiary alicyclic amines) is 1. The number of hydrogen-bond donors (Lipinski definition) is 5. The molecule has 13 heteroatoms. The maximum absolute atomic E-state index is 13.3. The molecule has 0 bridgehead atoms. The van der Waals surface area contributed by atoms with E-state index in [1.165, 1.54) is 0 Å². The van der Waals surface area contributed by atoms with Crippen LogP contribution in [0.25, 0.3) is 0 Å². The first-order valence-electron chi connectivity index (χ1n) is 13.0. The zero-order chi connectivity index (χ0) is 28.9. The van der Waals surface area contributed by atoms with E-state index in [9.17, 15) is 24.0 Å². The summed E-state index contributed by atoms with van der Waals surface area (Å²) >= 11 is 0. The third-order valence-corrected chi connectivity index (χ3v) is 6.33. The maximum atomic E-state index is 13.3. The van der Waals surface area contributed by atoms with Crippen LogP contribution in [0.4, 0.5) is 4.79 Å². The molecule has 3 rings (SSSR count). The van der Waals surface area contributed by atoms with Gasteiger partial charge >= 0.3 is 6.09 Å². The zero-order valence-corrected chi connectivity index (χ0v) is 23.2. The molecule has 2 aromatic carbocycles. The van der Waals surface area contributed by atoms with Gasteiger partial charge in [-0.1, -0.05) is 60.7 Å². The van der Waals surface area contributed by atoms with E-state index in [1.54, 1.807) is 48.5 Å². The van der Waals surface area contributed by atoms with Crippen molar-refractivity contribution in [2.75, 3.05) is 6.54 Å². The maximum Gasteiger partial charge on any atom is 0.417 e. The van der Waals surface area contributed by atoms with E-state index in [-0.39, 0.29) is 44.2 Å². The number of nitrogens with zero attached hydrogens (tertiary/aromatic N) is 1. The monoisotopic (exact) mass is 586 g/mol. The highest BCUT2D eigenvalue weighted by molar-refractivity contribution is 6.01. The number of hydrogen-bond acceptors (Lipinski definition) is 7. The van der Waals surface area contributed by atoms with Crippen LogP contribution in [0.5, 0.6) is 0 Å². The molecule has 1 aliphatic rings. The van der Waals surface area contributed by atoms with Gasteiger partial charge in [0, 0.05) is 19.4 Å². The molecule has 41 heavy (non-hydrogen) atoms. The van der Waals surface area contributed by atoms with E-state index in [0.29, 0.717) is 25.7 Å². The Bertz CT molecular complexity index is 1200. The predicted molar refractivity (Wildman–Crippen MR) is 153 cm³/mol. The van der Waals surface area contributed by atoms with Crippen molar-refractivity contribution in [2.24, 2.45) is 5.73 Å². The van der Waals surface area contributed by atoms with E-state index in [4.69, 9.17) is 15.9 Å². The Labute approximate surface area is 244 Å². The van der Waals surface area contributed by atoms with Crippen molar-refractivity contribution >= 4 is 48.5 Å². The normalized spacial score (nSPS) is 15.6. The van der Waals surface area contributed by atoms with Crippen molar-refractivity contribution < 1.29 is 28.7 Å². The highest BCUT2D eigenvalue weighted by Crippen LogP contribution is 2.21. The smallest absolute Gasteiger partial charge is 0.417 e. The van der Waals surface area contributed by atoms with Crippen molar-refractivity contribution in [2.45, 2.75) is 56.8 Å². The molecule has 0 aromatic heterocycles. The highest BCUT2D eigenvalue weighted by Gasteiger charge is 2.42. The Morgan fingerprint density at radius 2 is 1.68 bits per heavy atom. The summed E-state index contributed by atoms with van der Waals surface area (Å²) in [5.74, 6) is -1.99. The average molecular weight is 587 g/mol. The first-order chi connectivity index (χ1) is 19.3. The van der Waals surface area contributed by atoms with Gasteiger partial charge in [0.05, 0.1) is 6.04 Å². The number of nitrogens with two attached hydrogens (primary N) is 1. The van der Waals surface area contributed by atoms with Gasteiger partial charge in [-0.25, -0.2) is 9.69 Å². The van der Waals surface area contributed by atoms with Gasteiger partial charge in [-0.05, 0) is 30.4 Å². The molecule has 12 nitrogen and oxygen atoms in total. The first-order valence-corrected chi connectivity index (χ1v) is 13.0. The average Bonchev–Trinajstić information content (AvgIpc) is 3.35. The van der Waals surface area contributed by atoms with Crippen molar-refractivity contribution in [1.29, 1.82) is 5.41 Å². The van der Waals surface area contributed by atoms with E-state index < -0.39 is 41.9 Å². The molecule has 0 saturated carbocycles. The summed E-state index contributed by atoms with van der Waals surface area (Å²) in [4.78, 5) is 64.2. The van der Waals surface area contributed by atoms with E-state index >= 15 is 0 Å². The van der Waals surface area contributed by atoms with E-state index in [2.05, 4.69) is 16.0 Å². The Kier molecular flexibility index (Phi) is 13.3. The molecule has 6 N–H and O–H groups in total. The number of benzene rings is 2. The third-order valence-electron chi connectivity index (χ3n) is 6.33. The summed E-state index contributed by atoms with van der Waals surface area (Å²) in [7, 11) is 0. The van der Waals surface area contributed by atoms with Gasteiger partial charge in [-0.2, -0.15) is 0 Å². The molecule has 1 saturated heterocycles. The van der Waals surface area contributed by atoms with E-state index in [1.807, 2.05) is 12.1 Å². The summed E-state index contributed by atoms with van der Waals surface area (Å²) in [6, 6.07) is 14.9. The Hall–Kier alpha value is -4.45. The summed E-state index contributed by atoms with van der Waals surface area (Å²) < 4.78 is 5.28. The number of nitrogens with one attached hydrogen (secondary N) is 4. The van der Waals surface area contributed by atoms with Gasteiger partial charge in [0.2, 0.25) is 17.7 Å². The zero-order valence-electron chi connectivity index (χ0n) is 22.4. The van der Waals surface area contributed by atoms with Crippen molar-refractivity contribution in [3.05, 3.63) is 71.8 Å². The molecule has 0 unspecified atom stereocenters. The molecule has 0 spiro atoms. The quantitative estimate of drug-likeness (QED) is 0.101. The van der Waals surface area contributed by atoms with Crippen LogP contribution in [0.1, 0.15) is 36.8 Å². The summed E-state index contributed by atoms with van der Waals surface area (Å²) in [5, 5.41) is 15.1. The van der Waals surface area contributed by atoms with E-state index in [0.717, 1.165) is 16.0 Å². The molecule has 1 heterocycles. The minimum Gasteiger partial charge on any atom is -0.444 e. The number of carbonyl (C=O) groups is 5. The van der Waals surface area contributed by atoms with Crippen molar-refractivity contribution in [3.8, 4) is 0 Å². The number of guanidine groups is 1. The Morgan fingerprint density at radius 3 is 2.29 bits per heavy atom. The molecule has 3 atom stereocenters. The Morgan fingerprint density at radius 1 is 1.05 bits per heavy atom. The molecule has 1 aliphatic heterocycles. The highest BCUT2D eigenvalue weighted by atomic mass is 35.5. The van der Waals surface area contributed by atoms with Crippen LogP contribution in [0.15, 0.2) is 60.7 Å². The number of aldehydes is 1. The van der Waals surface area contributed by atoms with Gasteiger partial charge in [-0.15, -0.1) is 12.4 Å². The van der Waals surface area contributed by atoms with Gasteiger partial charge in [0.1, 0.15) is 25.0 Å². The summed E-state index contributed by atoms with van der Waals surface area (Å²) in [6.45, 7) is 0.289. The number of rotatable bonds is 13. The fraction of sp³-hybridized carbons (Fsp3) is 0.357. The number of carbonyl (C=O) groups excluding carboxylic acids is 5. The molecule has 220 valence electrons. The van der Waals surface area contributed by atoms with Gasteiger partial charge in [-0.3, -0.25) is 19.8 Å². The number of amides is 4. The molecule has 1 fully saturated rings. The minimum atomic E-state index is -1.14. The van der Waals surface area contributed by atoms with Crippen LogP contribution in [0.3, 0.4) is 0 Å². The third kappa shape index (κ3) is 10.2. The van der Waals surface area contributed by atoms with Crippen LogP contribution in [0, 0.1) is 5.41 Å². The lowest BCUT2D eigenvalue weighted by molar-refractivity contribution is -0.135. The van der Waals surface area contributed by atoms with Gasteiger partial charge < -0.3 is 31.2 Å². The number of halogens is 1. The SMILES string of the molecule is Cl.N=C(N)NCCC[C@@H](C=O)NC(=O)[C@H](Cc1ccccc1)NC(=O)[C@@H]1CCC(=O)N1C(=O)OCc1ccccc1. The fourth-order valence-corrected chi connectivity index (χ4v) is 4.28. The fourth-order valence-electron chi connectivity index (χ4n) is 4.28. The Balaban J connectivity index is 0.00000588. The van der Waals surface area contributed by atoms with Gasteiger partial charge in [0.25, 0.3) is 0 Å². The topological polar surface area (TPSA) is 184 Å². The number of ether oxygens (including phenoxy) is 1. The second-order valence-corrected chi connectivity index (χ2v) is 9.34. The van der Waals surface area contributed by atoms with Crippen LogP contribution in [0.2, 0.25) is 0 Å². The van der Waals surface area contributed by atoms with Crippen molar-refractivity contribution in [3.63, 3.8) is 0 Å². The standard InChI is InChI=1S/C28H34N6O6.ClH/c29-27(30)31-15-7-12-21(17-35)32-25(37)22(16-19-8-3-1-4-9-19)33-26(38)23-13-14-24(36)34(23)28(39)40-18-20-10-5-2-6-11-20;/h1-6,8-11,17,21-23H,7,12-16,18H2,(H,32,37)(H,33,38)(H4,29,30,31);1H/t21-,22-,23-;/m0./s1. The second-order valence-electron chi connectivity index (χ2n) is 9.34. The molecular weight excluding hydrogens is 552 g/mol. The predicted octanol–water partition coefficient (Wildman–Crippen LogP) is 1.41. The molecule has 0 radical (unpaired) electrons. The lowest BCUT2D eigenvalue weighted by Gasteiger charge is -2.25. The summed E-state index contributed by atoms with van der Waals surface area (Å²) in [5.41, 5.74) is 6.74. The van der Waals surface area contributed by atoms with Crippen LogP contribution in [-0.2, 0) is 36.9 Å². The summed E-state index contributed by atoms with van der Waals surface area (Å²) in [6.07, 6.45) is 0.613. The first kappa shape index (κ1) is 32.8. The molecule has 4 amide bonds. The lowest BCUT2D eigenvalue weighted by Crippen LogP contribution is -2.55. The molecular formula is C28H35ClN6O6. The van der Waals surface area contributed by atoms with Crippen LogP contribution in [-0.4, -0.2) is 65.6 Å². The molecule has 2 aromatic rings. The lowest BCUT2D eigenvalue weighted by atomic mass is 10.0. The van der Waals surface area contributed by atoms with Crippen LogP contribution >= 0.6 is 12.4 Å². The minimum absolute atomic E-state index is 0. The number of imide groups is 1. The van der Waals surface area contributed by atoms with Gasteiger partial charge in [0.15, 0.2) is 5.96 Å². The second kappa shape index (κ2) is 16.6. The van der Waals surface area contributed by atoms with Crippen LogP contribution < -0.4 is 21.7 Å². The largest absolute Gasteiger partial charge is 0.444 e. The van der Waals surface area contributed by atoms with Crippen molar-refractivity contribution in [1.82, 2.24) is 20.9 Å². The molecule has 0 aliphatic carbocycles.